The van der Waals surface area contributed by atoms with Gasteiger partial charge < -0.3 is 15.1 Å². The maximum Gasteiger partial charge on any atom is 0.272 e. The number of unbranched alkanes of at least 4 members (excludes halogenated alkanes) is 2. The predicted octanol–water partition coefficient (Wildman–Crippen LogP) is 7.49. The molecule has 3 heterocycles. The van der Waals surface area contributed by atoms with Crippen LogP contribution in [0, 0.1) is 0 Å². The van der Waals surface area contributed by atoms with E-state index in [2.05, 4.69) is 44.6 Å². The summed E-state index contributed by atoms with van der Waals surface area (Å²) in [7, 11) is 0. The number of hydrogen-bond acceptors (Lipinski definition) is 5. The second-order valence-corrected chi connectivity index (χ2v) is 10.8. The van der Waals surface area contributed by atoms with Crippen LogP contribution in [0.3, 0.4) is 0 Å². The molecule has 7 nitrogen and oxygen atoms in total. The van der Waals surface area contributed by atoms with E-state index in [9.17, 15) is 4.79 Å². The summed E-state index contributed by atoms with van der Waals surface area (Å²) in [6, 6.07) is 11.8. The standard InChI is InChI=1S/C29H41BrN6O.CH4/c1-3-5-20-35(21-6-4-2)28(37)26-16-15-25-27(31-26)36(22-12-19-34-17-10-7-11-18-34)29(33-25)32-24-14-9-8-13-23(24)30;/h8-9,13-16H,3-7,10-12,17-22H2,1-2H3,(H,32,33);1H4. The fourth-order valence-corrected chi connectivity index (χ4v) is 5.31. The van der Waals surface area contributed by atoms with Gasteiger partial charge in [-0.05, 0) is 91.9 Å². The molecule has 8 heteroatoms. The van der Waals surface area contributed by atoms with Crippen LogP contribution in [0.1, 0.15) is 83.1 Å². The number of imidazole rings is 1. The van der Waals surface area contributed by atoms with Gasteiger partial charge in [-0.15, -0.1) is 0 Å². The van der Waals surface area contributed by atoms with Crippen LogP contribution in [-0.4, -0.2) is 63.0 Å². The molecule has 0 atom stereocenters. The number of hydrogen-bond donors (Lipinski definition) is 1. The fourth-order valence-electron chi connectivity index (χ4n) is 4.92. The number of fused-ring (bicyclic) bond motifs is 1. The second kappa shape index (κ2) is 15.2. The van der Waals surface area contributed by atoms with Crippen LogP contribution in [0.4, 0.5) is 11.6 Å². The highest BCUT2D eigenvalue weighted by atomic mass is 79.9. The van der Waals surface area contributed by atoms with Crippen LogP contribution in [0.5, 0.6) is 0 Å². The molecule has 38 heavy (non-hydrogen) atoms. The van der Waals surface area contributed by atoms with Gasteiger partial charge in [-0.2, -0.15) is 0 Å². The van der Waals surface area contributed by atoms with Gasteiger partial charge in [-0.1, -0.05) is 52.7 Å². The van der Waals surface area contributed by atoms with Crippen molar-refractivity contribution in [3.05, 3.63) is 46.6 Å². The van der Waals surface area contributed by atoms with Gasteiger partial charge in [-0.25, -0.2) is 9.97 Å². The minimum atomic E-state index is 0. The zero-order chi connectivity index (χ0) is 26.0. The molecule has 0 saturated carbocycles. The number of carbonyl (C=O) groups is 1. The predicted molar refractivity (Wildman–Crippen MR) is 162 cm³/mol. The first-order chi connectivity index (χ1) is 18.1. The molecule has 1 amide bonds. The monoisotopic (exact) mass is 584 g/mol. The lowest BCUT2D eigenvalue weighted by Gasteiger charge is -2.26. The number of aryl methyl sites for hydroxylation is 1. The first-order valence-corrected chi connectivity index (χ1v) is 14.8. The maximum atomic E-state index is 13.5. The SMILES string of the molecule is C.CCCCN(CCCC)C(=O)c1ccc2nc(Nc3ccccc3Br)n(CCCN3CCCCC3)c2n1. The first-order valence-electron chi connectivity index (χ1n) is 14.0. The molecule has 208 valence electrons. The van der Waals surface area contributed by atoms with Gasteiger partial charge in [-0.3, -0.25) is 9.36 Å². The van der Waals surface area contributed by atoms with Crippen LogP contribution in [0.15, 0.2) is 40.9 Å². The van der Waals surface area contributed by atoms with E-state index in [0.717, 1.165) is 85.6 Å². The van der Waals surface area contributed by atoms with Crippen LogP contribution in [0.2, 0.25) is 0 Å². The van der Waals surface area contributed by atoms with Crippen molar-refractivity contribution in [1.29, 1.82) is 0 Å². The normalized spacial score (nSPS) is 13.9. The Balaban J connectivity index is 0.00000400. The molecule has 0 unspecified atom stereocenters. The van der Waals surface area contributed by atoms with E-state index in [1.54, 1.807) is 0 Å². The second-order valence-electron chi connectivity index (χ2n) is 9.99. The zero-order valence-electron chi connectivity index (χ0n) is 22.4. The lowest BCUT2D eigenvalue weighted by Crippen LogP contribution is -2.33. The number of nitrogens with one attached hydrogen (secondary N) is 1. The van der Waals surface area contributed by atoms with Crippen molar-refractivity contribution in [1.82, 2.24) is 24.3 Å². The number of pyridine rings is 1. The van der Waals surface area contributed by atoms with E-state index in [-0.39, 0.29) is 13.3 Å². The largest absolute Gasteiger partial charge is 0.337 e. The molecule has 1 fully saturated rings. The number of likely N-dealkylation sites (tertiary alicyclic amines) is 1. The van der Waals surface area contributed by atoms with E-state index >= 15 is 0 Å². The number of piperidine rings is 1. The van der Waals surface area contributed by atoms with Crippen molar-refractivity contribution in [2.24, 2.45) is 0 Å². The number of halogens is 1. The Kier molecular flexibility index (Phi) is 12.1. The summed E-state index contributed by atoms with van der Waals surface area (Å²) >= 11 is 3.64. The summed E-state index contributed by atoms with van der Waals surface area (Å²) in [6.45, 7) is 10.1. The highest BCUT2D eigenvalue weighted by Crippen LogP contribution is 2.28. The highest BCUT2D eigenvalue weighted by molar-refractivity contribution is 9.10. The van der Waals surface area contributed by atoms with E-state index in [4.69, 9.17) is 9.97 Å². The lowest BCUT2D eigenvalue weighted by atomic mass is 10.1. The van der Waals surface area contributed by atoms with Gasteiger partial charge in [0.2, 0.25) is 5.95 Å². The number of carbonyl (C=O) groups excluding carboxylic acids is 1. The molecule has 2 aromatic heterocycles. The van der Waals surface area contributed by atoms with Crippen molar-refractivity contribution >= 4 is 44.6 Å². The maximum absolute atomic E-state index is 13.5. The van der Waals surface area contributed by atoms with Gasteiger partial charge in [0.25, 0.3) is 5.91 Å². The minimum Gasteiger partial charge on any atom is -0.337 e. The Morgan fingerprint density at radius 1 is 0.947 bits per heavy atom. The molecule has 0 spiro atoms. The summed E-state index contributed by atoms with van der Waals surface area (Å²) in [5.74, 6) is 0.775. The lowest BCUT2D eigenvalue weighted by molar-refractivity contribution is 0.0745. The quantitative estimate of drug-likeness (QED) is 0.225. The van der Waals surface area contributed by atoms with Gasteiger partial charge in [0, 0.05) is 24.1 Å². The summed E-state index contributed by atoms with van der Waals surface area (Å²) in [5.41, 5.74) is 3.03. The average molecular weight is 586 g/mol. The topological polar surface area (TPSA) is 66.3 Å². The van der Waals surface area contributed by atoms with E-state index in [1.807, 2.05) is 41.3 Å². The number of benzene rings is 1. The van der Waals surface area contributed by atoms with Crippen LogP contribution in [-0.2, 0) is 6.54 Å². The molecule has 1 aliphatic rings. The third kappa shape index (κ3) is 7.79. The Hall–Kier alpha value is -2.45. The molecule has 3 aromatic rings. The Bertz CT molecular complexity index is 1150. The summed E-state index contributed by atoms with van der Waals surface area (Å²) in [5, 5.41) is 3.50. The zero-order valence-corrected chi connectivity index (χ0v) is 24.0. The number of rotatable bonds is 13. The Morgan fingerprint density at radius 2 is 1.66 bits per heavy atom. The smallest absolute Gasteiger partial charge is 0.272 e. The molecule has 1 saturated heterocycles. The van der Waals surface area contributed by atoms with Crippen LogP contribution < -0.4 is 5.32 Å². The summed E-state index contributed by atoms with van der Waals surface area (Å²) < 4.78 is 3.13. The minimum absolute atomic E-state index is 0. The van der Waals surface area contributed by atoms with Crippen molar-refractivity contribution < 1.29 is 4.79 Å². The van der Waals surface area contributed by atoms with Gasteiger partial charge in [0.05, 0.1) is 5.69 Å². The third-order valence-corrected chi connectivity index (χ3v) is 7.78. The molecule has 1 aromatic carbocycles. The van der Waals surface area contributed by atoms with E-state index < -0.39 is 0 Å². The number of nitrogens with zero attached hydrogens (tertiary/aromatic N) is 5. The van der Waals surface area contributed by atoms with E-state index in [0.29, 0.717) is 5.69 Å². The highest BCUT2D eigenvalue weighted by Gasteiger charge is 2.20. The van der Waals surface area contributed by atoms with Crippen molar-refractivity contribution in [2.45, 2.75) is 79.2 Å². The van der Waals surface area contributed by atoms with Gasteiger partial charge in [0.15, 0.2) is 5.65 Å². The number of anilines is 2. The Morgan fingerprint density at radius 3 is 2.34 bits per heavy atom. The Labute approximate surface area is 237 Å². The molecule has 0 bridgehead atoms. The summed E-state index contributed by atoms with van der Waals surface area (Å²) in [6.07, 6.45) is 9.08. The van der Waals surface area contributed by atoms with Gasteiger partial charge in [0.1, 0.15) is 11.2 Å². The van der Waals surface area contributed by atoms with Crippen molar-refractivity contribution in [3.63, 3.8) is 0 Å². The molecular formula is C30H45BrN6O. The molecule has 0 aliphatic carbocycles. The average Bonchev–Trinajstić information content (AvgIpc) is 3.26. The summed E-state index contributed by atoms with van der Waals surface area (Å²) in [4.78, 5) is 27.8. The molecule has 4 rings (SSSR count). The van der Waals surface area contributed by atoms with Crippen LogP contribution in [0.25, 0.3) is 11.2 Å². The first kappa shape index (κ1) is 30.1. The number of amides is 1. The number of para-hydroxylation sites is 1. The van der Waals surface area contributed by atoms with Gasteiger partial charge >= 0.3 is 0 Å². The molecule has 1 N–H and O–H groups in total. The molecule has 0 radical (unpaired) electrons. The van der Waals surface area contributed by atoms with Crippen molar-refractivity contribution in [3.8, 4) is 0 Å². The molecule has 1 aliphatic heterocycles. The fraction of sp³-hybridized carbons (Fsp3) is 0.567. The third-order valence-electron chi connectivity index (χ3n) is 7.09. The van der Waals surface area contributed by atoms with E-state index in [1.165, 1.54) is 32.4 Å². The van der Waals surface area contributed by atoms with Crippen LogP contribution >= 0.6 is 15.9 Å². The number of aromatic nitrogens is 3. The van der Waals surface area contributed by atoms with Crippen molar-refractivity contribution in [2.75, 3.05) is 38.0 Å². The molecular weight excluding hydrogens is 540 g/mol.